The number of hydrogen-bond acceptors (Lipinski definition) is 5. The van der Waals surface area contributed by atoms with E-state index in [-0.39, 0.29) is 5.25 Å². The van der Waals surface area contributed by atoms with Crippen LogP contribution in [0.15, 0.2) is 18.5 Å². The maximum atomic E-state index is 12.4. The molecule has 2 fully saturated rings. The van der Waals surface area contributed by atoms with Gasteiger partial charge in [0.05, 0.1) is 22.8 Å². The number of piperidine rings is 1. The summed E-state index contributed by atoms with van der Waals surface area (Å²) in [6.07, 6.45) is 5.68. The molecule has 6 nitrogen and oxygen atoms in total. The van der Waals surface area contributed by atoms with Gasteiger partial charge in [-0.05, 0) is 25.3 Å². The second-order valence-corrected chi connectivity index (χ2v) is 7.63. The topological polar surface area (TPSA) is 79.5 Å². The molecule has 2 aliphatic heterocycles. The highest BCUT2D eigenvalue weighted by Crippen LogP contribution is 2.29. The zero-order valence-corrected chi connectivity index (χ0v) is 12.2. The highest BCUT2D eigenvalue weighted by molar-refractivity contribution is 7.89. The predicted molar refractivity (Wildman–Crippen MR) is 79.0 cm³/mol. The molecular weight excluding hydrogens is 276 g/mol. The van der Waals surface area contributed by atoms with E-state index in [1.165, 1.54) is 0 Å². The summed E-state index contributed by atoms with van der Waals surface area (Å²) in [5, 5.41) is -0.234. The first-order valence-electron chi connectivity index (χ1n) is 7.02. The fourth-order valence-electron chi connectivity index (χ4n) is 2.83. The molecule has 0 bridgehead atoms. The van der Waals surface area contributed by atoms with Crippen LogP contribution in [-0.4, -0.2) is 49.1 Å². The van der Waals surface area contributed by atoms with Gasteiger partial charge in [-0.1, -0.05) is 0 Å². The first-order chi connectivity index (χ1) is 9.59. The van der Waals surface area contributed by atoms with Gasteiger partial charge in [0.2, 0.25) is 10.0 Å². The molecule has 7 heteroatoms. The summed E-state index contributed by atoms with van der Waals surface area (Å²) < 4.78 is 26.3. The summed E-state index contributed by atoms with van der Waals surface area (Å²) in [6.45, 7) is 2.84. The minimum absolute atomic E-state index is 0.234. The van der Waals surface area contributed by atoms with Gasteiger partial charge >= 0.3 is 0 Å². The molecule has 0 saturated carbocycles. The van der Waals surface area contributed by atoms with Crippen LogP contribution in [0.1, 0.15) is 19.3 Å². The van der Waals surface area contributed by atoms with Crippen molar-refractivity contribution in [1.82, 2.24) is 9.29 Å². The molecular formula is C13H20N4O2S. The smallest absolute Gasteiger partial charge is 0.217 e. The standard InChI is InChI=1S/C13H20N4O2S/c14-12-10-15-5-2-13(12)16-8-3-11(4-9-16)20(18,19)17-6-1-7-17/h2,5,10-11H,1,3-4,6-9,14H2. The Kier molecular flexibility index (Phi) is 3.55. The van der Waals surface area contributed by atoms with E-state index in [1.54, 1.807) is 16.7 Å². The predicted octanol–water partition coefficient (Wildman–Crippen LogP) is 0.668. The molecule has 0 amide bonds. The van der Waals surface area contributed by atoms with Crippen LogP contribution in [0.3, 0.4) is 0 Å². The summed E-state index contributed by atoms with van der Waals surface area (Å²) in [5.74, 6) is 0. The van der Waals surface area contributed by atoms with Crippen LogP contribution in [0, 0.1) is 0 Å². The number of rotatable bonds is 3. The Morgan fingerprint density at radius 2 is 1.90 bits per heavy atom. The Morgan fingerprint density at radius 1 is 1.20 bits per heavy atom. The largest absolute Gasteiger partial charge is 0.396 e. The van der Waals surface area contributed by atoms with Gasteiger partial charge in [-0.2, -0.15) is 0 Å². The van der Waals surface area contributed by atoms with Gasteiger partial charge in [0.1, 0.15) is 0 Å². The molecule has 0 aliphatic carbocycles. The van der Waals surface area contributed by atoms with Crippen LogP contribution in [0.5, 0.6) is 0 Å². The zero-order chi connectivity index (χ0) is 14.2. The average Bonchev–Trinajstić information content (AvgIpc) is 2.37. The molecule has 2 saturated heterocycles. The lowest BCUT2D eigenvalue weighted by Crippen LogP contribution is -2.50. The molecule has 0 radical (unpaired) electrons. The van der Waals surface area contributed by atoms with Crippen LogP contribution in [0.2, 0.25) is 0 Å². The molecule has 0 atom stereocenters. The lowest BCUT2D eigenvalue weighted by molar-refractivity contribution is 0.302. The van der Waals surface area contributed by atoms with E-state index in [1.807, 2.05) is 6.07 Å². The van der Waals surface area contributed by atoms with Crippen LogP contribution in [-0.2, 0) is 10.0 Å². The van der Waals surface area contributed by atoms with Gasteiger partial charge in [-0.3, -0.25) is 4.98 Å². The van der Waals surface area contributed by atoms with Gasteiger partial charge in [0, 0.05) is 32.4 Å². The molecule has 0 aromatic carbocycles. The number of anilines is 2. The summed E-state index contributed by atoms with van der Waals surface area (Å²) in [5.41, 5.74) is 7.53. The van der Waals surface area contributed by atoms with Crippen molar-refractivity contribution < 1.29 is 8.42 Å². The molecule has 110 valence electrons. The second-order valence-electron chi connectivity index (χ2n) is 5.42. The summed E-state index contributed by atoms with van der Waals surface area (Å²) >= 11 is 0. The third-order valence-electron chi connectivity index (χ3n) is 4.21. The maximum absolute atomic E-state index is 12.4. The SMILES string of the molecule is Nc1cnccc1N1CCC(S(=O)(=O)N2CCC2)CC1. The number of nitrogen functional groups attached to an aromatic ring is 1. The van der Waals surface area contributed by atoms with Gasteiger partial charge in [-0.25, -0.2) is 12.7 Å². The molecule has 1 aromatic heterocycles. The number of pyridine rings is 1. The molecule has 2 aliphatic rings. The van der Waals surface area contributed by atoms with Crippen molar-refractivity contribution in [2.45, 2.75) is 24.5 Å². The lowest BCUT2D eigenvalue weighted by Gasteiger charge is -2.38. The van der Waals surface area contributed by atoms with Crippen molar-refractivity contribution in [3.63, 3.8) is 0 Å². The second kappa shape index (κ2) is 5.21. The van der Waals surface area contributed by atoms with Crippen molar-refractivity contribution in [2.75, 3.05) is 36.8 Å². The van der Waals surface area contributed by atoms with Crippen molar-refractivity contribution in [1.29, 1.82) is 0 Å². The minimum atomic E-state index is -3.08. The third kappa shape index (κ3) is 2.35. The fourth-order valence-corrected chi connectivity index (χ4v) is 4.83. The highest BCUT2D eigenvalue weighted by atomic mass is 32.2. The van der Waals surface area contributed by atoms with Crippen LogP contribution < -0.4 is 10.6 Å². The van der Waals surface area contributed by atoms with Gasteiger partial charge in [0.15, 0.2) is 0 Å². The minimum Gasteiger partial charge on any atom is -0.396 e. The van der Waals surface area contributed by atoms with Crippen LogP contribution in [0.4, 0.5) is 11.4 Å². The van der Waals surface area contributed by atoms with Crippen molar-refractivity contribution in [2.24, 2.45) is 0 Å². The zero-order valence-electron chi connectivity index (χ0n) is 11.4. The van der Waals surface area contributed by atoms with Gasteiger partial charge in [0.25, 0.3) is 0 Å². The summed E-state index contributed by atoms with van der Waals surface area (Å²) in [4.78, 5) is 6.13. The molecule has 3 heterocycles. The van der Waals surface area contributed by atoms with Crippen molar-refractivity contribution in [3.8, 4) is 0 Å². The van der Waals surface area contributed by atoms with E-state index in [2.05, 4.69) is 9.88 Å². The van der Waals surface area contributed by atoms with Gasteiger partial charge < -0.3 is 10.6 Å². The normalized spacial score (nSPS) is 21.7. The van der Waals surface area contributed by atoms with E-state index in [0.717, 1.165) is 25.2 Å². The Bertz CT molecular complexity index is 578. The van der Waals surface area contributed by atoms with E-state index in [4.69, 9.17) is 5.73 Å². The molecule has 3 rings (SSSR count). The molecule has 0 unspecified atom stereocenters. The van der Waals surface area contributed by atoms with E-state index in [0.29, 0.717) is 31.6 Å². The van der Waals surface area contributed by atoms with E-state index >= 15 is 0 Å². The van der Waals surface area contributed by atoms with E-state index in [9.17, 15) is 8.42 Å². The van der Waals surface area contributed by atoms with Gasteiger partial charge in [-0.15, -0.1) is 0 Å². The average molecular weight is 296 g/mol. The quantitative estimate of drug-likeness (QED) is 0.887. The third-order valence-corrected chi connectivity index (χ3v) is 6.61. The lowest BCUT2D eigenvalue weighted by atomic mass is 10.1. The summed E-state index contributed by atoms with van der Waals surface area (Å²) in [7, 11) is -3.08. The number of aromatic nitrogens is 1. The van der Waals surface area contributed by atoms with E-state index < -0.39 is 10.0 Å². The molecule has 0 spiro atoms. The Balaban J connectivity index is 1.67. The van der Waals surface area contributed by atoms with Crippen LogP contribution >= 0.6 is 0 Å². The monoisotopic (exact) mass is 296 g/mol. The molecule has 1 aromatic rings. The highest BCUT2D eigenvalue weighted by Gasteiger charge is 2.37. The van der Waals surface area contributed by atoms with Crippen molar-refractivity contribution >= 4 is 21.4 Å². The first-order valence-corrected chi connectivity index (χ1v) is 8.53. The fraction of sp³-hybridized carbons (Fsp3) is 0.615. The van der Waals surface area contributed by atoms with Crippen LogP contribution in [0.25, 0.3) is 0 Å². The Labute approximate surface area is 119 Å². The van der Waals surface area contributed by atoms with Crippen molar-refractivity contribution in [3.05, 3.63) is 18.5 Å². The molecule has 20 heavy (non-hydrogen) atoms. The molecule has 2 N–H and O–H groups in total. The summed E-state index contributed by atoms with van der Waals surface area (Å²) in [6, 6.07) is 1.89. The first kappa shape index (κ1) is 13.6. The maximum Gasteiger partial charge on any atom is 0.217 e. The number of nitrogens with zero attached hydrogens (tertiary/aromatic N) is 3. The number of nitrogens with two attached hydrogens (primary N) is 1. The number of sulfonamides is 1. The Hall–Kier alpha value is -1.34. The number of hydrogen-bond donors (Lipinski definition) is 1. The Morgan fingerprint density at radius 3 is 2.45 bits per heavy atom.